The van der Waals surface area contributed by atoms with E-state index in [4.69, 9.17) is 37.4 Å². The molecule has 1 spiro atoms. The third-order valence-corrected chi connectivity index (χ3v) is 10.9. The molecule has 2 aromatic rings. The molecule has 1 N–H and O–H groups in total. The second-order valence-corrected chi connectivity index (χ2v) is 13.5. The number of ether oxygens (including phenoxy) is 3. The molecule has 1 saturated carbocycles. The average molecular weight is 647 g/mol. The monoisotopic (exact) mass is 645 g/mol. The van der Waals surface area contributed by atoms with Crippen molar-refractivity contribution in [2.24, 2.45) is 11.8 Å². The fourth-order valence-electron chi connectivity index (χ4n) is 7.82. The van der Waals surface area contributed by atoms with Gasteiger partial charge >= 0.3 is 0 Å². The first-order chi connectivity index (χ1) is 21.2. The zero-order valence-electron chi connectivity index (χ0n) is 26.3. The van der Waals surface area contributed by atoms with Crippen LogP contribution in [0.3, 0.4) is 0 Å². The second kappa shape index (κ2) is 14.2. The Bertz CT molecular complexity index is 1320. The summed E-state index contributed by atoms with van der Waals surface area (Å²) in [6.45, 7) is 3.29. The van der Waals surface area contributed by atoms with Crippen molar-refractivity contribution in [3.8, 4) is 17.2 Å². The van der Waals surface area contributed by atoms with Crippen LogP contribution in [0.25, 0.3) is 0 Å². The third-order valence-electron chi connectivity index (χ3n) is 10.2. The van der Waals surface area contributed by atoms with Gasteiger partial charge in [0.05, 0.1) is 31.4 Å². The van der Waals surface area contributed by atoms with Crippen molar-refractivity contribution in [2.75, 3.05) is 54.6 Å². The zero-order chi connectivity index (χ0) is 31.4. The van der Waals surface area contributed by atoms with Crippen molar-refractivity contribution in [1.82, 2.24) is 15.1 Å². The fourth-order valence-corrected chi connectivity index (χ4v) is 8.12. The Hall–Kier alpha value is -2.68. The molecule has 5 rings (SSSR count). The summed E-state index contributed by atoms with van der Waals surface area (Å²) < 4.78 is 16.4. The molecular weight excluding hydrogens is 601 g/mol. The third kappa shape index (κ3) is 6.92. The van der Waals surface area contributed by atoms with E-state index >= 15 is 0 Å². The van der Waals surface area contributed by atoms with Gasteiger partial charge < -0.3 is 29.3 Å². The largest absolute Gasteiger partial charge is 0.493 e. The van der Waals surface area contributed by atoms with Crippen molar-refractivity contribution in [3.05, 3.63) is 51.5 Å². The van der Waals surface area contributed by atoms with E-state index in [0.717, 1.165) is 44.5 Å². The van der Waals surface area contributed by atoms with Gasteiger partial charge in [-0.25, -0.2) is 0 Å². The molecule has 10 heteroatoms. The molecule has 3 atom stereocenters. The van der Waals surface area contributed by atoms with Gasteiger partial charge in [0.25, 0.3) is 5.91 Å². The summed E-state index contributed by atoms with van der Waals surface area (Å²) in [5.41, 5.74) is 1.45. The van der Waals surface area contributed by atoms with Gasteiger partial charge in [-0.2, -0.15) is 0 Å². The topological polar surface area (TPSA) is 80.3 Å². The molecule has 3 unspecified atom stereocenters. The number of likely N-dealkylation sites (tertiary alicyclic amines) is 1. The Morgan fingerprint density at radius 3 is 2.34 bits per heavy atom. The van der Waals surface area contributed by atoms with Gasteiger partial charge in [-0.3, -0.25) is 9.59 Å². The number of fused-ring (bicyclic) bond motifs is 2. The first-order valence-corrected chi connectivity index (χ1v) is 16.5. The minimum atomic E-state index is -0.149. The highest BCUT2D eigenvalue weighted by molar-refractivity contribution is 6.42. The highest BCUT2D eigenvalue weighted by Gasteiger charge is 2.49. The highest BCUT2D eigenvalue weighted by Crippen LogP contribution is 2.46. The molecule has 0 bridgehead atoms. The van der Waals surface area contributed by atoms with Crippen LogP contribution >= 0.6 is 23.2 Å². The van der Waals surface area contributed by atoms with Crippen molar-refractivity contribution in [2.45, 2.75) is 62.8 Å². The molecule has 8 nitrogen and oxygen atoms in total. The van der Waals surface area contributed by atoms with Gasteiger partial charge in [0.1, 0.15) is 0 Å². The molecule has 240 valence electrons. The maximum atomic E-state index is 13.7. The first kappa shape index (κ1) is 32.7. The van der Waals surface area contributed by atoms with Gasteiger partial charge in [0.2, 0.25) is 11.7 Å². The molecule has 2 amide bonds. The van der Waals surface area contributed by atoms with Crippen LogP contribution in [0.4, 0.5) is 0 Å². The number of piperidine rings is 2. The van der Waals surface area contributed by atoms with Gasteiger partial charge in [-0.1, -0.05) is 42.1 Å². The molecular formula is C34H45Cl2N3O5. The van der Waals surface area contributed by atoms with E-state index in [0.29, 0.717) is 57.7 Å². The summed E-state index contributed by atoms with van der Waals surface area (Å²) in [6, 6.07) is 9.10. The fraction of sp³-hybridized carbons (Fsp3) is 0.588. The maximum Gasteiger partial charge on any atom is 0.253 e. The summed E-state index contributed by atoms with van der Waals surface area (Å²) in [5, 5.41) is 4.48. The van der Waals surface area contributed by atoms with E-state index in [1.807, 2.05) is 25.2 Å². The lowest BCUT2D eigenvalue weighted by molar-refractivity contribution is -0.132. The van der Waals surface area contributed by atoms with Crippen LogP contribution in [0.1, 0.15) is 73.2 Å². The van der Waals surface area contributed by atoms with Crippen LogP contribution in [-0.4, -0.2) is 81.7 Å². The SMILES string of the molecule is COc1cc(C(=O)N(C)CC(CCN2CCC3(CC2)NC(=O)CC2CCCCC23)c2ccc(Cl)c(Cl)c2)cc(OC)c1OC. The van der Waals surface area contributed by atoms with E-state index in [2.05, 4.69) is 10.2 Å². The maximum absolute atomic E-state index is 13.7. The smallest absolute Gasteiger partial charge is 0.253 e. The molecule has 0 radical (unpaired) electrons. The van der Waals surface area contributed by atoms with Crippen LogP contribution < -0.4 is 19.5 Å². The number of amides is 2. The Balaban J connectivity index is 1.28. The number of benzene rings is 2. The summed E-state index contributed by atoms with van der Waals surface area (Å²) in [7, 11) is 6.42. The Morgan fingerprint density at radius 2 is 1.70 bits per heavy atom. The Kier molecular flexibility index (Phi) is 10.5. The van der Waals surface area contributed by atoms with E-state index < -0.39 is 0 Å². The predicted molar refractivity (Wildman–Crippen MR) is 173 cm³/mol. The minimum Gasteiger partial charge on any atom is -0.493 e. The zero-order valence-corrected chi connectivity index (χ0v) is 27.8. The molecule has 2 aliphatic heterocycles. The standard InChI is InChI=1S/C34H45Cl2N3O5/c1-38(33(41)25-18-29(42-2)32(44-4)30(19-25)43-3)21-24(22-9-10-27(35)28(36)17-22)11-14-39-15-12-34(13-16-39)26-8-6-5-7-23(26)20-31(40)37-34/h9-10,17-19,23-24,26H,5-8,11-16,20-21H2,1-4H3,(H,37,40). The van der Waals surface area contributed by atoms with E-state index in [1.165, 1.54) is 47.0 Å². The number of nitrogens with zero attached hydrogens (tertiary/aromatic N) is 2. The molecule has 1 aliphatic carbocycles. The molecule has 44 heavy (non-hydrogen) atoms. The predicted octanol–water partition coefficient (Wildman–Crippen LogP) is 6.43. The average Bonchev–Trinajstić information content (AvgIpc) is 3.03. The van der Waals surface area contributed by atoms with Crippen LogP contribution in [-0.2, 0) is 4.79 Å². The Labute approximate surface area is 271 Å². The van der Waals surface area contributed by atoms with Gasteiger partial charge in [0, 0.05) is 50.1 Å². The lowest BCUT2D eigenvalue weighted by Crippen LogP contribution is -2.64. The van der Waals surface area contributed by atoms with Crippen molar-refractivity contribution >= 4 is 35.0 Å². The normalized spacial score (nSPS) is 22.1. The number of nitrogens with one attached hydrogen (secondary N) is 1. The van der Waals surface area contributed by atoms with Crippen LogP contribution in [0, 0.1) is 11.8 Å². The number of carbonyl (C=O) groups excluding carboxylic acids is 2. The van der Waals surface area contributed by atoms with E-state index in [-0.39, 0.29) is 23.3 Å². The molecule has 0 aromatic heterocycles. The van der Waals surface area contributed by atoms with Crippen LogP contribution in [0.2, 0.25) is 10.0 Å². The lowest BCUT2D eigenvalue weighted by atomic mass is 9.61. The quantitative estimate of drug-likeness (QED) is 0.321. The summed E-state index contributed by atoms with van der Waals surface area (Å²) >= 11 is 12.7. The number of hydrogen-bond donors (Lipinski definition) is 1. The minimum absolute atomic E-state index is 0.0359. The van der Waals surface area contributed by atoms with Crippen LogP contribution in [0.15, 0.2) is 30.3 Å². The molecule has 3 aliphatic rings. The van der Waals surface area contributed by atoms with Crippen LogP contribution in [0.5, 0.6) is 17.2 Å². The Morgan fingerprint density at radius 1 is 1.02 bits per heavy atom. The number of likely N-dealkylation sites (N-methyl/N-ethyl adjacent to an activating group) is 1. The summed E-state index contributed by atoms with van der Waals surface area (Å²) in [5.74, 6) is 2.58. The number of hydrogen-bond acceptors (Lipinski definition) is 6. The summed E-state index contributed by atoms with van der Waals surface area (Å²) in [4.78, 5) is 30.6. The van der Waals surface area contributed by atoms with Gasteiger partial charge in [0.15, 0.2) is 11.5 Å². The molecule has 3 fully saturated rings. The molecule has 2 heterocycles. The van der Waals surface area contributed by atoms with Crippen molar-refractivity contribution in [3.63, 3.8) is 0 Å². The lowest BCUT2D eigenvalue weighted by Gasteiger charge is -2.54. The number of rotatable bonds is 10. The van der Waals surface area contributed by atoms with E-state index in [9.17, 15) is 9.59 Å². The van der Waals surface area contributed by atoms with Crippen molar-refractivity contribution in [1.29, 1.82) is 0 Å². The van der Waals surface area contributed by atoms with E-state index in [1.54, 1.807) is 17.0 Å². The van der Waals surface area contributed by atoms with Gasteiger partial charge in [-0.05, 0) is 80.3 Å². The van der Waals surface area contributed by atoms with Crippen molar-refractivity contribution < 1.29 is 23.8 Å². The summed E-state index contributed by atoms with van der Waals surface area (Å²) in [6.07, 6.45) is 8.49. The number of carbonyl (C=O) groups is 2. The van der Waals surface area contributed by atoms with Gasteiger partial charge in [-0.15, -0.1) is 0 Å². The number of halogens is 2. The highest BCUT2D eigenvalue weighted by atomic mass is 35.5. The molecule has 2 saturated heterocycles. The molecule has 2 aromatic carbocycles. The second-order valence-electron chi connectivity index (χ2n) is 12.7. The first-order valence-electron chi connectivity index (χ1n) is 15.7. The number of methoxy groups -OCH3 is 3.